The molecule has 0 saturated heterocycles. The van der Waals surface area contributed by atoms with Crippen LogP contribution in [0.25, 0.3) is 0 Å². The third kappa shape index (κ3) is 3.21. The molecule has 1 aromatic heterocycles. The molecule has 1 rings (SSSR count). The summed E-state index contributed by atoms with van der Waals surface area (Å²) >= 11 is 0. The van der Waals surface area contributed by atoms with Gasteiger partial charge in [-0.3, -0.25) is 14.6 Å². The van der Waals surface area contributed by atoms with Crippen LogP contribution in [0, 0.1) is 12.3 Å². The van der Waals surface area contributed by atoms with Gasteiger partial charge >= 0.3 is 5.97 Å². The first-order valence-corrected chi connectivity index (χ1v) is 5.80. The molecular weight excluding hydrogens is 248 g/mol. The van der Waals surface area contributed by atoms with Crippen LogP contribution in [0.2, 0.25) is 0 Å². The van der Waals surface area contributed by atoms with Gasteiger partial charge in [-0.15, -0.1) is 0 Å². The van der Waals surface area contributed by atoms with E-state index in [0.29, 0.717) is 17.1 Å². The number of rotatable bonds is 5. The molecule has 2 N–H and O–H groups in total. The van der Waals surface area contributed by atoms with Crippen molar-refractivity contribution in [1.29, 1.82) is 0 Å². The first-order valence-electron chi connectivity index (χ1n) is 5.80. The number of aryl methyl sites for hydroxylation is 1. The molecule has 1 unspecified atom stereocenters. The molecule has 0 spiro atoms. The number of carbonyl (C=O) groups excluding carboxylic acids is 1. The Morgan fingerprint density at radius 3 is 2.58 bits per heavy atom. The number of ether oxygens (including phenoxy) is 1. The topological polar surface area (TPSA) is 88.5 Å². The maximum absolute atomic E-state index is 11.8. The smallest absolute Gasteiger partial charge is 0.319 e. The normalized spacial score (nSPS) is 13.5. The predicted octanol–water partition coefficient (Wildman–Crippen LogP) is 0.778. The van der Waals surface area contributed by atoms with E-state index in [0.717, 1.165) is 0 Å². The number of pyridine rings is 1. The molecule has 0 radical (unpaired) electrons. The molecule has 0 saturated carbocycles. The molecule has 19 heavy (non-hydrogen) atoms. The summed E-state index contributed by atoms with van der Waals surface area (Å²) in [5.74, 6) is -1.15. The van der Waals surface area contributed by atoms with Crippen molar-refractivity contribution >= 4 is 11.9 Å². The zero-order chi connectivity index (χ0) is 14.6. The number of hydrogen-bond donors (Lipinski definition) is 2. The molecule has 0 aliphatic carbocycles. The minimum absolute atomic E-state index is 0.0000463. The van der Waals surface area contributed by atoms with E-state index in [2.05, 4.69) is 10.3 Å². The highest BCUT2D eigenvalue weighted by atomic mass is 16.5. The van der Waals surface area contributed by atoms with Gasteiger partial charge in [-0.05, 0) is 13.8 Å². The summed E-state index contributed by atoms with van der Waals surface area (Å²) in [6.45, 7) is 3.16. The molecule has 6 heteroatoms. The summed E-state index contributed by atoms with van der Waals surface area (Å²) in [5, 5.41) is 11.6. The Bertz CT molecular complexity index is 501. The molecule has 0 aliphatic heterocycles. The van der Waals surface area contributed by atoms with Gasteiger partial charge in [0.15, 0.2) is 0 Å². The zero-order valence-corrected chi connectivity index (χ0v) is 11.5. The number of nitrogens with zero attached hydrogens (tertiary/aromatic N) is 1. The van der Waals surface area contributed by atoms with Crippen molar-refractivity contribution in [3.63, 3.8) is 0 Å². The standard InChI is InChI=1S/C13H18N2O4/c1-8-5-10(19-4)6-9(15-8)7-13(2,12(17)18)11(16)14-3/h5-6H,7H2,1-4H3,(H,14,16)(H,17,18). The molecule has 0 aromatic carbocycles. The van der Waals surface area contributed by atoms with Crippen LogP contribution in [0.1, 0.15) is 18.3 Å². The van der Waals surface area contributed by atoms with Crippen molar-refractivity contribution in [2.45, 2.75) is 20.3 Å². The molecule has 1 atom stereocenters. The van der Waals surface area contributed by atoms with Gasteiger partial charge in [-0.1, -0.05) is 0 Å². The summed E-state index contributed by atoms with van der Waals surface area (Å²) in [6, 6.07) is 3.37. The van der Waals surface area contributed by atoms with Crippen LogP contribution >= 0.6 is 0 Å². The molecule has 1 heterocycles. The fourth-order valence-electron chi connectivity index (χ4n) is 1.80. The molecule has 0 aliphatic rings. The second-order valence-electron chi connectivity index (χ2n) is 4.53. The molecule has 0 bridgehead atoms. The van der Waals surface area contributed by atoms with E-state index in [9.17, 15) is 14.7 Å². The highest BCUT2D eigenvalue weighted by molar-refractivity contribution is 6.01. The van der Waals surface area contributed by atoms with Gasteiger partial charge in [0, 0.05) is 37.0 Å². The third-order valence-corrected chi connectivity index (χ3v) is 2.95. The average molecular weight is 266 g/mol. The van der Waals surface area contributed by atoms with Crippen LogP contribution < -0.4 is 10.1 Å². The van der Waals surface area contributed by atoms with Gasteiger partial charge in [0.2, 0.25) is 5.91 Å². The minimum atomic E-state index is -1.56. The number of amides is 1. The highest BCUT2D eigenvalue weighted by Crippen LogP contribution is 2.25. The predicted molar refractivity (Wildman–Crippen MR) is 69.0 cm³/mol. The van der Waals surface area contributed by atoms with Gasteiger partial charge < -0.3 is 15.2 Å². The van der Waals surface area contributed by atoms with E-state index in [1.54, 1.807) is 19.1 Å². The molecule has 0 fully saturated rings. The first-order chi connectivity index (χ1) is 8.83. The summed E-state index contributed by atoms with van der Waals surface area (Å²) in [4.78, 5) is 27.4. The van der Waals surface area contributed by atoms with E-state index >= 15 is 0 Å². The molecule has 104 valence electrons. The molecule has 1 aromatic rings. The van der Waals surface area contributed by atoms with E-state index in [-0.39, 0.29) is 6.42 Å². The van der Waals surface area contributed by atoms with E-state index in [1.807, 2.05) is 0 Å². The van der Waals surface area contributed by atoms with Crippen molar-refractivity contribution in [1.82, 2.24) is 10.3 Å². The Labute approximate surface area is 111 Å². The number of aromatic nitrogens is 1. The van der Waals surface area contributed by atoms with Crippen molar-refractivity contribution in [2.24, 2.45) is 5.41 Å². The lowest BCUT2D eigenvalue weighted by atomic mass is 9.84. The largest absolute Gasteiger partial charge is 0.497 e. The maximum Gasteiger partial charge on any atom is 0.319 e. The van der Waals surface area contributed by atoms with Crippen molar-refractivity contribution in [2.75, 3.05) is 14.2 Å². The van der Waals surface area contributed by atoms with Crippen molar-refractivity contribution < 1.29 is 19.4 Å². The monoisotopic (exact) mass is 266 g/mol. The van der Waals surface area contributed by atoms with Crippen LogP contribution in [0.5, 0.6) is 5.75 Å². The Balaban J connectivity index is 3.13. The van der Waals surface area contributed by atoms with Gasteiger partial charge in [0.05, 0.1) is 7.11 Å². The number of nitrogens with one attached hydrogen (secondary N) is 1. The number of aliphatic carboxylic acids is 1. The minimum Gasteiger partial charge on any atom is -0.497 e. The van der Waals surface area contributed by atoms with E-state index in [4.69, 9.17) is 4.74 Å². The number of carboxylic acids is 1. The van der Waals surface area contributed by atoms with Gasteiger partial charge in [-0.2, -0.15) is 0 Å². The second kappa shape index (κ2) is 5.69. The number of hydrogen-bond acceptors (Lipinski definition) is 4. The lowest BCUT2D eigenvalue weighted by Gasteiger charge is -2.22. The number of methoxy groups -OCH3 is 1. The lowest BCUT2D eigenvalue weighted by Crippen LogP contribution is -2.44. The van der Waals surface area contributed by atoms with Gasteiger partial charge in [0.25, 0.3) is 0 Å². The Morgan fingerprint density at radius 2 is 2.11 bits per heavy atom. The van der Waals surface area contributed by atoms with Crippen LogP contribution in [0.4, 0.5) is 0 Å². The van der Waals surface area contributed by atoms with Gasteiger partial charge in [-0.25, -0.2) is 0 Å². The summed E-state index contributed by atoms with van der Waals surface area (Å²) in [6.07, 6.45) is 0.0000463. The SMILES string of the molecule is CNC(=O)C(C)(Cc1cc(OC)cc(C)n1)C(=O)O. The van der Waals surface area contributed by atoms with Crippen molar-refractivity contribution in [3.05, 3.63) is 23.5 Å². The van der Waals surface area contributed by atoms with Crippen LogP contribution in [0.15, 0.2) is 12.1 Å². The molecule has 1 amide bonds. The van der Waals surface area contributed by atoms with E-state index < -0.39 is 17.3 Å². The summed E-state index contributed by atoms with van der Waals surface area (Å²) in [5.41, 5.74) is -0.343. The molecular formula is C13H18N2O4. The fraction of sp³-hybridized carbons (Fsp3) is 0.462. The Kier molecular flexibility index (Phi) is 4.47. The quantitative estimate of drug-likeness (QED) is 0.769. The number of carbonyl (C=O) groups is 2. The van der Waals surface area contributed by atoms with Crippen LogP contribution in [-0.2, 0) is 16.0 Å². The van der Waals surface area contributed by atoms with Crippen LogP contribution in [-0.4, -0.2) is 36.1 Å². The van der Waals surface area contributed by atoms with Crippen molar-refractivity contribution in [3.8, 4) is 5.75 Å². The molecule has 6 nitrogen and oxygen atoms in total. The summed E-state index contributed by atoms with van der Waals surface area (Å²) < 4.78 is 5.11. The average Bonchev–Trinajstić information content (AvgIpc) is 2.36. The summed E-state index contributed by atoms with van der Waals surface area (Å²) in [7, 11) is 2.93. The number of carboxylic acid groups (broad SMARTS) is 1. The Morgan fingerprint density at radius 1 is 1.47 bits per heavy atom. The third-order valence-electron chi connectivity index (χ3n) is 2.95. The Hall–Kier alpha value is -2.11. The fourth-order valence-corrected chi connectivity index (χ4v) is 1.80. The zero-order valence-electron chi connectivity index (χ0n) is 11.5. The van der Waals surface area contributed by atoms with Crippen LogP contribution in [0.3, 0.4) is 0 Å². The van der Waals surface area contributed by atoms with Gasteiger partial charge in [0.1, 0.15) is 11.2 Å². The highest BCUT2D eigenvalue weighted by Gasteiger charge is 2.41. The lowest BCUT2D eigenvalue weighted by molar-refractivity contribution is -0.154. The first kappa shape index (κ1) is 14.9. The maximum atomic E-state index is 11.8. The second-order valence-corrected chi connectivity index (χ2v) is 4.53. The van der Waals surface area contributed by atoms with E-state index in [1.165, 1.54) is 21.1 Å².